The second kappa shape index (κ2) is 4.63. The topological polar surface area (TPSA) is 43.1 Å². The van der Waals surface area contributed by atoms with Gasteiger partial charge in [0.15, 0.2) is 0 Å². The molecule has 0 spiro atoms. The molecule has 17 heavy (non-hydrogen) atoms. The Bertz CT molecular complexity index is 569. The average molecular weight is 296 g/mol. The van der Waals surface area contributed by atoms with Crippen molar-refractivity contribution < 1.29 is 9.31 Å². The van der Waals surface area contributed by atoms with E-state index >= 15 is 0 Å². The Morgan fingerprint density at radius 2 is 1.76 bits per heavy atom. The predicted molar refractivity (Wildman–Crippen MR) is 66.2 cm³/mol. The lowest BCUT2D eigenvalue weighted by molar-refractivity contribution is -0.384. The number of nitrogens with zero attached hydrogens (tertiary/aromatic N) is 1. The Morgan fingerprint density at radius 1 is 1.12 bits per heavy atom. The minimum atomic E-state index is -0.485. The molecule has 86 valence electrons. The van der Waals surface area contributed by atoms with E-state index in [0.717, 1.165) is 0 Å². The smallest absolute Gasteiger partial charge is 0.258 e. The quantitative estimate of drug-likeness (QED) is 0.617. The van der Waals surface area contributed by atoms with E-state index in [0.29, 0.717) is 15.6 Å². The van der Waals surface area contributed by atoms with Crippen molar-refractivity contribution in [1.82, 2.24) is 0 Å². The number of halogens is 2. The molecule has 0 aliphatic carbocycles. The summed E-state index contributed by atoms with van der Waals surface area (Å²) in [6.07, 6.45) is 0. The number of non-ortho nitro benzene ring substituents is 1. The molecule has 0 aliphatic heterocycles. The van der Waals surface area contributed by atoms with E-state index in [1.54, 1.807) is 18.2 Å². The molecule has 0 fully saturated rings. The standard InChI is InChI=1S/C12H7BrFNO2/c13-11-3-1-2-10(12(11)14)8-4-6-9(7-5-8)15(16)17/h1-7H. The van der Waals surface area contributed by atoms with Crippen LogP contribution >= 0.6 is 15.9 Å². The van der Waals surface area contributed by atoms with Gasteiger partial charge in [-0.25, -0.2) is 4.39 Å². The van der Waals surface area contributed by atoms with Crippen molar-refractivity contribution in [1.29, 1.82) is 0 Å². The molecule has 2 aromatic rings. The second-order valence-corrected chi connectivity index (χ2v) is 4.26. The Hall–Kier alpha value is -1.75. The van der Waals surface area contributed by atoms with Gasteiger partial charge in [-0.1, -0.05) is 12.1 Å². The number of rotatable bonds is 2. The SMILES string of the molecule is O=[N+]([O-])c1ccc(-c2cccc(Br)c2F)cc1. The third kappa shape index (κ3) is 2.34. The minimum Gasteiger partial charge on any atom is -0.258 e. The van der Waals surface area contributed by atoms with Crippen LogP contribution in [0.15, 0.2) is 46.9 Å². The van der Waals surface area contributed by atoms with Gasteiger partial charge in [-0.3, -0.25) is 10.1 Å². The van der Waals surface area contributed by atoms with Crippen molar-refractivity contribution in [3.63, 3.8) is 0 Å². The largest absolute Gasteiger partial charge is 0.269 e. The van der Waals surface area contributed by atoms with Crippen molar-refractivity contribution >= 4 is 21.6 Å². The molecule has 0 radical (unpaired) electrons. The minimum absolute atomic E-state index is 0.0100. The maximum atomic E-state index is 13.8. The number of hydrogen-bond acceptors (Lipinski definition) is 2. The van der Waals surface area contributed by atoms with Crippen LogP contribution in [0.3, 0.4) is 0 Å². The molecule has 2 aromatic carbocycles. The summed E-state index contributed by atoms with van der Waals surface area (Å²) in [4.78, 5) is 10.0. The fourth-order valence-corrected chi connectivity index (χ4v) is 1.86. The fraction of sp³-hybridized carbons (Fsp3) is 0. The average Bonchev–Trinajstić information content (AvgIpc) is 2.33. The van der Waals surface area contributed by atoms with Crippen molar-refractivity contribution in [2.24, 2.45) is 0 Å². The summed E-state index contributed by atoms with van der Waals surface area (Å²) in [5.74, 6) is -0.374. The molecule has 0 saturated heterocycles. The van der Waals surface area contributed by atoms with Crippen LogP contribution in [0.2, 0.25) is 0 Å². The van der Waals surface area contributed by atoms with Gasteiger partial charge in [0.05, 0.1) is 9.40 Å². The molecule has 0 amide bonds. The van der Waals surface area contributed by atoms with Crippen LogP contribution in [-0.2, 0) is 0 Å². The molecule has 0 saturated carbocycles. The summed E-state index contributed by atoms with van der Waals surface area (Å²) < 4.78 is 14.1. The molecule has 5 heteroatoms. The number of nitro benzene ring substituents is 1. The van der Waals surface area contributed by atoms with E-state index < -0.39 is 4.92 Å². The van der Waals surface area contributed by atoms with E-state index in [1.807, 2.05) is 0 Å². The summed E-state index contributed by atoms with van der Waals surface area (Å²) in [7, 11) is 0. The number of hydrogen-bond donors (Lipinski definition) is 0. The first kappa shape index (κ1) is 11.7. The number of nitro groups is 1. The van der Waals surface area contributed by atoms with Gasteiger partial charge in [-0.05, 0) is 39.7 Å². The van der Waals surface area contributed by atoms with Gasteiger partial charge in [-0.15, -0.1) is 0 Å². The first-order valence-corrected chi connectivity index (χ1v) is 5.58. The Kier molecular flexibility index (Phi) is 3.19. The van der Waals surface area contributed by atoms with Crippen molar-refractivity contribution in [2.75, 3.05) is 0 Å². The third-order valence-corrected chi connectivity index (χ3v) is 2.95. The maximum absolute atomic E-state index is 13.8. The zero-order valence-corrected chi connectivity index (χ0v) is 10.1. The molecule has 0 bridgehead atoms. The highest BCUT2D eigenvalue weighted by Crippen LogP contribution is 2.28. The van der Waals surface area contributed by atoms with Crippen LogP contribution in [-0.4, -0.2) is 4.92 Å². The lowest BCUT2D eigenvalue weighted by Gasteiger charge is -2.04. The van der Waals surface area contributed by atoms with Gasteiger partial charge in [0, 0.05) is 17.7 Å². The monoisotopic (exact) mass is 295 g/mol. The Labute approximate surface area is 105 Å². The van der Waals surface area contributed by atoms with Crippen LogP contribution in [0, 0.1) is 15.9 Å². The molecular formula is C12H7BrFNO2. The van der Waals surface area contributed by atoms with Crippen molar-refractivity contribution in [3.05, 3.63) is 62.9 Å². The summed E-state index contributed by atoms with van der Waals surface area (Å²) in [5, 5.41) is 10.5. The van der Waals surface area contributed by atoms with E-state index in [2.05, 4.69) is 15.9 Å². The van der Waals surface area contributed by atoms with Gasteiger partial charge >= 0.3 is 0 Å². The van der Waals surface area contributed by atoms with Crippen LogP contribution in [0.1, 0.15) is 0 Å². The van der Waals surface area contributed by atoms with Crippen LogP contribution in [0.4, 0.5) is 10.1 Å². The van der Waals surface area contributed by atoms with E-state index in [1.165, 1.54) is 24.3 Å². The summed E-state index contributed by atoms with van der Waals surface area (Å²) >= 11 is 3.10. The highest BCUT2D eigenvalue weighted by Gasteiger charge is 2.10. The van der Waals surface area contributed by atoms with Gasteiger partial charge < -0.3 is 0 Å². The summed E-state index contributed by atoms with van der Waals surface area (Å²) in [5.41, 5.74) is 1.01. The summed E-state index contributed by atoms with van der Waals surface area (Å²) in [6, 6.07) is 10.7. The van der Waals surface area contributed by atoms with E-state index in [9.17, 15) is 14.5 Å². The van der Waals surface area contributed by atoms with Crippen molar-refractivity contribution in [3.8, 4) is 11.1 Å². The van der Waals surface area contributed by atoms with Crippen LogP contribution in [0.5, 0.6) is 0 Å². The molecule has 0 aromatic heterocycles. The maximum Gasteiger partial charge on any atom is 0.269 e. The first-order chi connectivity index (χ1) is 8.09. The highest BCUT2D eigenvalue weighted by molar-refractivity contribution is 9.10. The van der Waals surface area contributed by atoms with Gasteiger partial charge in [0.1, 0.15) is 5.82 Å². The Morgan fingerprint density at radius 3 is 2.35 bits per heavy atom. The predicted octanol–water partition coefficient (Wildman–Crippen LogP) is 4.16. The van der Waals surface area contributed by atoms with E-state index in [4.69, 9.17) is 0 Å². The molecule has 2 rings (SSSR count). The second-order valence-electron chi connectivity index (χ2n) is 3.41. The molecule has 3 nitrogen and oxygen atoms in total. The van der Waals surface area contributed by atoms with Gasteiger partial charge in [0.25, 0.3) is 5.69 Å². The molecule has 0 N–H and O–H groups in total. The normalized spacial score (nSPS) is 10.2. The summed E-state index contributed by atoms with van der Waals surface area (Å²) in [6.45, 7) is 0. The van der Waals surface area contributed by atoms with Crippen molar-refractivity contribution in [2.45, 2.75) is 0 Å². The van der Waals surface area contributed by atoms with Gasteiger partial charge in [0.2, 0.25) is 0 Å². The highest BCUT2D eigenvalue weighted by atomic mass is 79.9. The zero-order valence-electron chi connectivity index (χ0n) is 8.56. The lowest BCUT2D eigenvalue weighted by atomic mass is 10.1. The molecular weight excluding hydrogens is 289 g/mol. The zero-order chi connectivity index (χ0) is 12.4. The Balaban J connectivity index is 2.47. The van der Waals surface area contributed by atoms with Crippen LogP contribution in [0.25, 0.3) is 11.1 Å². The van der Waals surface area contributed by atoms with Crippen LogP contribution < -0.4 is 0 Å². The molecule has 0 aliphatic rings. The third-order valence-electron chi connectivity index (χ3n) is 2.34. The number of benzene rings is 2. The molecule has 0 unspecified atom stereocenters. The molecule has 0 atom stereocenters. The lowest BCUT2D eigenvalue weighted by Crippen LogP contribution is -1.89. The van der Waals surface area contributed by atoms with E-state index in [-0.39, 0.29) is 11.5 Å². The first-order valence-electron chi connectivity index (χ1n) is 4.78. The van der Waals surface area contributed by atoms with Gasteiger partial charge in [-0.2, -0.15) is 0 Å². The molecule has 0 heterocycles. The fourth-order valence-electron chi connectivity index (χ4n) is 1.49.